The fraction of sp³-hybridized carbons (Fsp3) is 0.475. The van der Waals surface area contributed by atoms with Gasteiger partial charge in [-0.3, -0.25) is 15.0 Å². The van der Waals surface area contributed by atoms with Gasteiger partial charge < -0.3 is 9.80 Å². The molecule has 3 aliphatic heterocycles. The van der Waals surface area contributed by atoms with E-state index in [2.05, 4.69) is 84.5 Å². The van der Waals surface area contributed by atoms with E-state index in [0.717, 1.165) is 74.4 Å². The maximum atomic E-state index is 13.5. The third-order valence-electron chi connectivity index (χ3n) is 12.2. The summed E-state index contributed by atoms with van der Waals surface area (Å²) < 4.78 is 17.6. The second-order valence-electron chi connectivity index (χ2n) is 14.9. The number of halogens is 1. The van der Waals surface area contributed by atoms with Crippen molar-refractivity contribution in [2.75, 3.05) is 25.0 Å². The molecule has 1 aliphatic carbocycles. The van der Waals surface area contributed by atoms with Gasteiger partial charge in [-0.2, -0.15) is 9.67 Å². The Hall–Kier alpha value is -4.04. The molecule has 3 fully saturated rings. The highest BCUT2D eigenvalue weighted by molar-refractivity contribution is 6.03. The van der Waals surface area contributed by atoms with Crippen molar-refractivity contribution in [1.29, 1.82) is 5.41 Å². The first-order valence-electron chi connectivity index (χ1n) is 17.8. The first-order valence-corrected chi connectivity index (χ1v) is 17.8. The van der Waals surface area contributed by atoms with Gasteiger partial charge in [0.15, 0.2) is 5.70 Å². The Morgan fingerprint density at radius 3 is 2.50 bits per heavy atom. The summed E-state index contributed by atoms with van der Waals surface area (Å²) >= 11 is 0. The van der Waals surface area contributed by atoms with Crippen LogP contribution in [0.1, 0.15) is 93.1 Å². The van der Waals surface area contributed by atoms with E-state index in [0.29, 0.717) is 23.3 Å². The van der Waals surface area contributed by atoms with Crippen molar-refractivity contribution in [3.63, 3.8) is 0 Å². The zero-order valence-corrected chi connectivity index (χ0v) is 29.0. The number of likely N-dealkylation sites (tertiary alicyclic amines) is 1. The molecule has 1 aromatic heterocycles. The standard InChI is InChI=1S/C40H51FN7/c1-27-11-16-36(28(2)45(27)6)48-29(3)38-35(39(48)42)9-7-10-37(38)44(5)25-32-24-43-47(26-32)34-17-21-46(22-18-34)30(4)40(19-8-20-40)23-31-12-14-33(41)15-13-31/h7,9-10,12-15,24,26,29-30,34,36,42H,1-2,6,8,11,16-23,25H2,3-5H3/q+1. The lowest BCUT2D eigenvalue weighted by molar-refractivity contribution is -0.431. The van der Waals surface area contributed by atoms with Gasteiger partial charge in [0, 0.05) is 67.7 Å². The Balaban J connectivity index is 0.985. The molecule has 0 radical (unpaired) electrons. The average molecular weight is 649 g/mol. The maximum absolute atomic E-state index is 13.5. The summed E-state index contributed by atoms with van der Waals surface area (Å²) in [6.45, 7) is 20.2. The molecule has 1 saturated carbocycles. The number of nitrogens with one attached hydrogen (secondary N) is 1. The van der Waals surface area contributed by atoms with E-state index in [1.54, 1.807) is 12.1 Å². The van der Waals surface area contributed by atoms with Crippen LogP contribution in [-0.2, 0) is 13.0 Å². The quantitative estimate of drug-likeness (QED) is 0.242. The second kappa shape index (κ2) is 12.8. The van der Waals surface area contributed by atoms with Crippen molar-refractivity contribution in [3.05, 3.63) is 107 Å². The zero-order valence-electron chi connectivity index (χ0n) is 29.0. The molecule has 3 aromatic rings. The van der Waals surface area contributed by atoms with Gasteiger partial charge in [0.25, 0.3) is 0 Å². The van der Waals surface area contributed by atoms with E-state index in [-0.39, 0.29) is 17.9 Å². The Morgan fingerprint density at radius 1 is 1.08 bits per heavy atom. The first-order chi connectivity index (χ1) is 23.1. The summed E-state index contributed by atoms with van der Waals surface area (Å²) in [7, 11) is 2.15. The van der Waals surface area contributed by atoms with Gasteiger partial charge in [-0.25, -0.2) is 4.39 Å². The lowest BCUT2D eigenvalue weighted by Gasteiger charge is -2.52. The highest BCUT2D eigenvalue weighted by atomic mass is 19.1. The van der Waals surface area contributed by atoms with Gasteiger partial charge in [0.05, 0.1) is 18.3 Å². The van der Waals surface area contributed by atoms with E-state index in [4.69, 9.17) is 10.5 Å². The monoisotopic (exact) mass is 648 g/mol. The van der Waals surface area contributed by atoms with E-state index >= 15 is 0 Å². The van der Waals surface area contributed by atoms with Gasteiger partial charge >= 0.3 is 0 Å². The van der Waals surface area contributed by atoms with Crippen LogP contribution >= 0.6 is 0 Å². The second-order valence-corrected chi connectivity index (χ2v) is 14.9. The van der Waals surface area contributed by atoms with E-state index in [9.17, 15) is 4.39 Å². The van der Waals surface area contributed by atoms with Crippen molar-refractivity contribution in [3.8, 4) is 0 Å². The van der Waals surface area contributed by atoms with Gasteiger partial charge in [-0.05, 0) is 94.7 Å². The topological polar surface area (TPSA) is 54.4 Å². The van der Waals surface area contributed by atoms with Crippen molar-refractivity contribution in [2.24, 2.45) is 5.41 Å². The molecule has 2 aromatic carbocycles. The normalized spacial score (nSPS) is 23.7. The number of fused-ring (bicyclic) bond motifs is 1. The molecule has 8 heteroatoms. The largest absolute Gasteiger partial charge is 0.370 e. The summed E-state index contributed by atoms with van der Waals surface area (Å²) in [4.78, 5) is 7.22. The highest BCUT2D eigenvalue weighted by Crippen LogP contribution is 2.49. The summed E-state index contributed by atoms with van der Waals surface area (Å²) in [5, 5.41) is 14.0. The number of hydrogen-bond donors (Lipinski definition) is 1. The van der Waals surface area contributed by atoms with Crippen LogP contribution < -0.4 is 4.90 Å². The van der Waals surface area contributed by atoms with Gasteiger partial charge in [-0.15, -0.1) is 0 Å². The summed E-state index contributed by atoms with van der Waals surface area (Å²) in [5.41, 5.74) is 8.00. The fourth-order valence-electron chi connectivity index (χ4n) is 9.04. The molecule has 2 saturated heterocycles. The number of hydrogen-bond acceptors (Lipinski definition) is 4. The van der Waals surface area contributed by atoms with Crippen LogP contribution in [0.3, 0.4) is 0 Å². The molecule has 4 aliphatic rings. The molecule has 7 rings (SSSR count). The molecule has 0 amide bonds. The minimum atomic E-state index is -0.156. The SMILES string of the molecule is C=C1CCC(N2C(=N)c3cccc(N(C)Cc4cnn(C5CCN(C(C)C6(Cc7ccc(F)cc7)CCC6)CC5)c4)c3C2C)C(=C)[N+]1=C. The Kier molecular flexibility index (Phi) is 8.65. The third kappa shape index (κ3) is 5.72. The smallest absolute Gasteiger partial charge is 0.201 e. The van der Waals surface area contributed by atoms with Gasteiger partial charge in [0.2, 0.25) is 5.70 Å². The fourth-order valence-corrected chi connectivity index (χ4v) is 9.04. The zero-order chi connectivity index (χ0) is 33.7. The number of amidine groups is 1. The molecule has 3 unspecified atom stereocenters. The van der Waals surface area contributed by atoms with Crippen molar-refractivity contribution in [2.45, 2.75) is 95.9 Å². The van der Waals surface area contributed by atoms with Crippen LogP contribution in [0.15, 0.2) is 79.4 Å². The average Bonchev–Trinajstić information content (AvgIpc) is 3.64. The van der Waals surface area contributed by atoms with E-state index in [1.165, 1.54) is 36.0 Å². The maximum Gasteiger partial charge on any atom is 0.201 e. The number of allylic oxidation sites excluding steroid dienone is 1. The minimum Gasteiger partial charge on any atom is -0.370 e. The predicted octanol–water partition coefficient (Wildman–Crippen LogP) is 7.70. The number of rotatable bonds is 9. The molecular formula is C40H51FN7+. The lowest BCUT2D eigenvalue weighted by atomic mass is 9.61. The van der Waals surface area contributed by atoms with Crippen LogP contribution in [0, 0.1) is 16.6 Å². The number of aromatic nitrogens is 2. The molecular weight excluding hydrogens is 597 g/mol. The van der Waals surface area contributed by atoms with Crippen LogP contribution in [0.5, 0.6) is 0 Å². The molecule has 252 valence electrons. The highest BCUT2D eigenvalue weighted by Gasteiger charge is 2.45. The van der Waals surface area contributed by atoms with Crippen LogP contribution in [0.25, 0.3) is 0 Å². The van der Waals surface area contributed by atoms with Crippen LogP contribution in [0.4, 0.5) is 10.1 Å². The van der Waals surface area contributed by atoms with Crippen LogP contribution in [-0.4, -0.2) is 68.9 Å². The van der Waals surface area contributed by atoms with Crippen molar-refractivity contribution < 1.29 is 8.97 Å². The number of benzene rings is 2. The molecule has 48 heavy (non-hydrogen) atoms. The lowest BCUT2D eigenvalue weighted by Crippen LogP contribution is -2.53. The van der Waals surface area contributed by atoms with Crippen molar-refractivity contribution in [1.82, 2.24) is 19.6 Å². The number of nitrogens with zero attached hydrogens (tertiary/aromatic N) is 6. The Labute approximate surface area is 285 Å². The first kappa shape index (κ1) is 32.5. The molecule has 7 nitrogen and oxygen atoms in total. The molecule has 0 bridgehead atoms. The molecule has 3 atom stereocenters. The molecule has 4 heterocycles. The van der Waals surface area contributed by atoms with Crippen molar-refractivity contribution >= 4 is 18.2 Å². The predicted molar refractivity (Wildman–Crippen MR) is 192 cm³/mol. The molecule has 0 spiro atoms. The van der Waals surface area contributed by atoms with E-state index in [1.807, 2.05) is 22.9 Å². The Bertz CT molecular complexity index is 1730. The van der Waals surface area contributed by atoms with Crippen LogP contribution in [0.2, 0.25) is 0 Å². The summed E-state index contributed by atoms with van der Waals surface area (Å²) in [6, 6.07) is 14.5. The minimum absolute atomic E-state index is 0.0303. The third-order valence-corrected chi connectivity index (χ3v) is 12.2. The van der Waals surface area contributed by atoms with Gasteiger partial charge in [-0.1, -0.05) is 30.7 Å². The number of anilines is 1. The number of piperidine rings is 2. The summed E-state index contributed by atoms with van der Waals surface area (Å²) in [5.74, 6) is 0.406. The molecule has 1 N–H and O–H groups in total. The Morgan fingerprint density at radius 2 is 1.81 bits per heavy atom. The summed E-state index contributed by atoms with van der Waals surface area (Å²) in [6.07, 6.45) is 13.0. The van der Waals surface area contributed by atoms with Gasteiger partial charge in [0.1, 0.15) is 24.4 Å². The van der Waals surface area contributed by atoms with E-state index < -0.39 is 0 Å².